The normalized spacial score (nSPS) is 10.8. The summed E-state index contributed by atoms with van der Waals surface area (Å²) in [7, 11) is 1.92. The van der Waals surface area contributed by atoms with Crippen molar-refractivity contribution in [3.63, 3.8) is 0 Å². The highest BCUT2D eigenvalue weighted by Crippen LogP contribution is 2.28. The van der Waals surface area contributed by atoms with Crippen molar-refractivity contribution in [3.8, 4) is 11.3 Å². The van der Waals surface area contributed by atoms with Crippen LogP contribution in [0.3, 0.4) is 0 Å². The van der Waals surface area contributed by atoms with Crippen LogP contribution in [-0.4, -0.2) is 30.3 Å². The van der Waals surface area contributed by atoms with Crippen LogP contribution in [0.1, 0.15) is 0 Å². The molecule has 0 amide bonds. The summed E-state index contributed by atoms with van der Waals surface area (Å²) in [5.74, 6) is 0.775. The van der Waals surface area contributed by atoms with Gasteiger partial charge in [-0.1, -0.05) is 18.2 Å². The van der Waals surface area contributed by atoms with Crippen molar-refractivity contribution in [2.24, 2.45) is 0 Å². The molecule has 2 N–H and O–H groups in total. The average Bonchev–Trinajstić information content (AvgIpc) is 2.92. The second-order valence-electron chi connectivity index (χ2n) is 4.48. The number of nitrogens with one attached hydrogen (secondary N) is 2. The van der Waals surface area contributed by atoms with Crippen molar-refractivity contribution >= 4 is 16.8 Å². The Morgan fingerprint density at radius 1 is 1.05 bits per heavy atom. The van der Waals surface area contributed by atoms with Gasteiger partial charge in [0.15, 0.2) is 0 Å². The van der Waals surface area contributed by atoms with Gasteiger partial charge >= 0.3 is 0 Å². The minimum absolute atomic E-state index is 0.775. The molecule has 0 atom stereocenters. The fraction of sp³-hybridized carbons (Fsp3) is 0.200. The summed E-state index contributed by atoms with van der Waals surface area (Å²) in [5, 5.41) is 15.8. The molecule has 1 aromatic carbocycles. The molecule has 3 aromatic rings. The Hall–Kier alpha value is -2.40. The SMILES string of the molecule is CNCCNc1ccc(-c2coc3ccccc23)nn1. The first-order valence-electron chi connectivity index (χ1n) is 6.57. The molecule has 0 aliphatic carbocycles. The average molecular weight is 268 g/mol. The molecule has 2 heterocycles. The highest BCUT2D eigenvalue weighted by Gasteiger charge is 2.09. The number of nitrogens with zero attached hydrogens (tertiary/aromatic N) is 2. The molecule has 0 aliphatic heterocycles. The fourth-order valence-electron chi connectivity index (χ4n) is 2.06. The van der Waals surface area contributed by atoms with Gasteiger partial charge in [0.05, 0.1) is 5.69 Å². The lowest BCUT2D eigenvalue weighted by molar-refractivity contribution is 0.616. The van der Waals surface area contributed by atoms with Gasteiger partial charge in [-0.2, -0.15) is 0 Å². The molecule has 2 aromatic heterocycles. The number of furan rings is 1. The summed E-state index contributed by atoms with van der Waals surface area (Å²) < 4.78 is 5.52. The first kappa shape index (κ1) is 12.6. The maximum atomic E-state index is 5.52. The maximum Gasteiger partial charge on any atom is 0.148 e. The van der Waals surface area contributed by atoms with Gasteiger partial charge in [-0.15, -0.1) is 10.2 Å². The molecule has 102 valence electrons. The van der Waals surface area contributed by atoms with Crippen LogP contribution in [0.25, 0.3) is 22.2 Å². The van der Waals surface area contributed by atoms with Crippen LogP contribution in [0.2, 0.25) is 0 Å². The highest BCUT2D eigenvalue weighted by molar-refractivity contribution is 5.92. The van der Waals surface area contributed by atoms with E-state index in [0.29, 0.717) is 0 Å². The van der Waals surface area contributed by atoms with E-state index < -0.39 is 0 Å². The molecule has 0 radical (unpaired) electrons. The topological polar surface area (TPSA) is 63.0 Å². The zero-order valence-electron chi connectivity index (χ0n) is 11.3. The lowest BCUT2D eigenvalue weighted by Gasteiger charge is -2.04. The first-order chi connectivity index (χ1) is 9.88. The van der Waals surface area contributed by atoms with Crippen LogP contribution in [0.5, 0.6) is 0 Å². The van der Waals surface area contributed by atoms with Crippen molar-refractivity contribution in [3.05, 3.63) is 42.7 Å². The van der Waals surface area contributed by atoms with Gasteiger partial charge in [-0.25, -0.2) is 0 Å². The Balaban J connectivity index is 1.84. The third-order valence-corrected chi connectivity index (χ3v) is 3.10. The summed E-state index contributed by atoms with van der Waals surface area (Å²) in [5.41, 5.74) is 2.64. The predicted octanol–water partition coefficient (Wildman–Crippen LogP) is 2.52. The zero-order chi connectivity index (χ0) is 13.8. The minimum atomic E-state index is 0.775. The van der Waals surface area contributed by atoms with Gasteiger partial charge in [0.25, 0.3) is 0 Å². The summed E-state index contributed by atoms with van der Waals surface area (Å²) in [4.78, 5) is 0. The second-order valence-corrected chi connectivity index (χ2v) is 4.48. The molecule has 0 unspecified atom stereocenters. The van der Waals surface area contributed by atoms with Gasteiger partial charge in [-0.3, -0.25) is 0 Å². The minimum Gasteiger partial charge on any atom is -0.464 e. The summed E-state index contributed by atoms with van der Waals surface area (Å²) in [6.07, 6.45) is 1.72. The van der Waals surface area contributed by atoms with Crippen molar-refractivity contribution < 1.29 is 4.42 Å². The van der Waals surface area contributed by atoms with Gasteiger partial charge in [0.1, 0.15) is 17.7 Å². The number of rotatable bonds is 5. The molecule has 0 saturated carbocycles. The number of para-hydroxylation sites is 1. The maximum absolute atomic E-state index is 5.52. The highest BCUT2D eigenvalue weighted by atomic mass is 16.3. The number of hydrogen-bond acceptors (Lipinski definition) is 5. The third-order valence-electron chi connectivity index (χ3n) is 3.10. The van der Waals surface area contributed by atoms with Crippen LogP contribution >= 0.6 is 0 Å². The number of benzene rings is 1. The largest absolute Gasteiger partial charge is 0.464 e. The van der Waals surface area contributed by atoms with Crippen molar-refractivity contribution in [1.29, 1.82) is 0 Å². The van der Waals surface area contributed by atoms with E-state index in [1.54, 1.807) is 6.26 Å². The third kappa shape index (κ3) is 2.48. The van der Waals surface area contributed by atoms with Crippen molar-refractivity contribution in [2.45, 2.75) is 0 Å². The Bertz CT molecular complexity index is 690. The van der Waals surface area contributed by atoms with Gasteiger partial charge < -0.3 is 15.1 Å². The van der Waals surface area contributed by atoms with E-state index in [1.165, 1.54) is 0 Å². The molecule has 0 bridgehead atoms. The lowest BCUT2D eigenvalue weighted by Crippen LogP contribution is -2.18. The van der Waals surface area contributed by atoms with Gasteiger partial charge in [0.2, 0.25) is 0 Å². The van der Waals surface area contributed by atoms with Gasteiger partial charge in [0, 0.05) is 24.0 Å². The first-order valence-corrected chi connectivity index (χ1v) is 6.57. The summed E-state index contributed by atoms with van der Waals surface area (Å²) in [6.45, 7) is 1.70. The standard InChI is InChI=1S/C15H16N4O/c1-16-8-9-17-15-7-6-13(18-19-15)12-10-20-14-5-3-2-4-11(12)14/h2-7,10,16H,8-9H2,1H3,(H,17,19). The molecular weight excluding hydrogens is 252 g/mol. The number of likely N-dealkylation sites (N-methyl/N-ethyl adjacent to an activating group) is 1. The van der Waals surface area contributed by atoms with E-state index in [-0.39, 0.29) is 0 Å². The predicted molar refractivity (Wildman–Crippen MR) is 79.7 cm³/mol. The molecule has 3 rings (SSSR count). The monoisotopic (exact) mass is 268 g/mol. The molecule has 0 fully saturated rings. The van der Waals surface area contributed by atoms with Crippen LogP contribution in [-0.2, 0) is 0 Å². The fourth-order valence-corrected chi connectivity index (χ4v) is 2.06. The Kier molecular flexibility index (Phi) is 3.60. The lowest BCUT2D eigenvalue weighted by atomic mass is 10.1. The van der Waals surface area contributed by atoms with E-state index in [0.717, 1.165) is 41.1 Å². The molecule has 20 heavy (non-hydrogen) atoms. The van der Waals surface area contributed by atoms with Gasteiger partial charge in [-0.05, 0) is 25.2 Å². The van der Waals surface area contributed by atoms with Crippen molar-refractivity contribution in [1.82, 2.24) is 15.5 Å². The van der Waals surface area contributed by atoms with Crippen LogP contribution < -0.4 is 10.6 Å². The number of aromatic nitrogens is 2. The quantitative estimate of drug-likeness (QED) is 0.696. The Labute approximate surface area is 117 Å². The van der Waals surface area contributed by atoms with E-state index in [9.17, 15) is 0 Å². The summed E-state index contributed by atoms with van der Waals surface area (Å²) >= 11 is 0. The van der Waals surface area contributed by atoms with Crippen molar-refractivity contribution in [2.75, 3.05) is 25.5 Å². The summed E-state index contributed by atoms with van der Waals surface area (Å²) in [6, 6.07) is 11.8. The van der Waals surface area contributed by atoms with E-state index in [2.05, 4.69) is 20.8 Å². The number of fused-ring (bicyclic) bond motifs is 1. The van der Waals surface area contributed by atoms with Crippen LogP contribution in [0.15, 0.2) is 47.1 Å². The second kappa shape index (κ2) is 5.71. The van der Waals surface area contributed by atoms with E-state index in [1.807, 2.05) is 43.4 Å². The molecule has 0 saturated heterocycles. The molecule has 0 spiro atoms. The molecule has 5 heteroatoms. The van der Waals surface area contributed by atoms with E-state index >= 15 is 0 Å². The molecule has 5 nitrogen and oxygen atoms in total. The van der Waals surface area contributed by atoms with Crippen LogP contribution in [0, 0.1) is 0 Å². The Morgan fingerprint density at radius 2 is 1.95 bits per heavy atom. The molecular formula is C15H16N4O. The zero-order valence-corrected chi connectivity index (χ0v) is 11.3. The molecule has 0 aliphatic rings. The Morgan fingerprint density at radius 3 is 2.75 bits per heavy atom. The number of hydrogen-bond donors (Lipinski definition) is 2. The van der Waals surface area contributed by atoms with Crippen LogP contribution in [0.4, 0.5) is 5.82 Å². The smallest absolute Gasteiger partial charge is 0.148 e. The van der Waals surface area contributed by atoms with E-state index in [4.69, 9.17) is 4.42 Å². The number of anilines is 1.